The summed E-state index contributed by atoms with van der Waals surface area (Å²) in [6.07, 6.45) is 4.79. The van der Waals surface area contributed by atoms with E-state index in [2.05, 4.69) is 14.9 Å². The molecule has 0 unspecified atom stereocenters. The summed E-state index contributed by atoms with van der Waals surface area (Å²) in [5.74, 6) is 0.257. The molecule has 1 aromatic carbocycles. The van der Waals surface area contributed by atoms with Crippen LogP contribution in [0, 0.1) is 0 Å². The van der Waals surface area contributed by atoms with Crippen LogP contribution in [0.15, 0.2) is 36.7 Å². The molecule has 1 atom stereocenters. The van der Waals surface area contributed by atoms with Crippen LogP contribution in [0.2, 0.25) is 0 Å². The summed E-state index contributed by atoms with van der Waals surface area (Å²) in [6, 6.07) is 7.23. The van der Waals surface area contributed by atoms with Crippen LogP contribution in [0.4, 0.5) is 0 Å². The molecule has 1 saturated heterocycles. The number of nitrogens with zero attached hydrogens (tertiary/aromatic N) is 3. The molecule has 0 spiro atoms. The van der Waals surface area contributed by atoms with E-state index in [-0.39, 0.29) is 0 Å². The smallest absolute Gasteiger partial charge is 0.335 e. The Morgan fingerprint density at radius 1 is 1.29 bits per heavy atom. The number of rotatable bonds is 6. The lowest BCUT2D eigenvalue weighted by Crippen LogP contribution is -2.20. The van der Waals surface area contributed by atoms with Gasteiger partial charge in [-0.2, -0.15) is 0 Å². The fourth-order valence-corrected chi connectivity index (χ4v) is 3.07. The van der Waals surface area contributed by atoms with Crippen LogP contribution in [0.1, 0.15) is 39.6 Å². The van der Waals surface area contributed by atoms with Crippen molar-refractivity contribution in [3.8, 4) is 0 Å². The summed E-state index contributed by atoms with van der Waals surface area (Å²) in [4.78, 5) is 21.9. The molecule has 0 amide bonds. The maximum absolute atomic E-state index is 10.9. The highest BCUT2D eigenvalue weighted by atomic mass is 16.5. The number of methoxy groups -OCH3 is 1. The van der Waals surface area contributed by atoms with Gasteiger partial charge in [-0.05, 0) is 36.6 Å². The number of carboxylic acid groups (broad SMARTS) is 1. The zero-order valence-corrected chi connectivity index (χ0v) is 13.7. The maximum atomic E-state index is 10.9. The first-order valence-electron chi connectivity index (χ1n) is 8.00. The topological polar surface area (TPSA) is 75.5 Å². The Kier molecular flexibility index (Phi) is 5.17. The van der Waals surface area contributed by atoms with Gasteiger partial charge in [-0.1, -0.05) is 12.1 Å². The Labute approximate surface area is 141 Å². The molecule has 0 radical (unpaired) electrons. The van der Waals surface area contributed by atoms with Crippen LogP contribution < -0.4 is 0 Å². The van der Waals surface area contributed by atoms with Gasteiger partial charge in [0.05, 0.1) is 5.56 Å². The molecule has 24 heavy (non-hydrogen) atoms. The molecule has 0 saturated carbocycles. The first kappa shape index (κ1) is 16.5. The summed E-state index contributed by atoms with van der Waals surface area (Å²) in [5.41, 5.74) is 2.63. The van der Waals surface area contributed by atoms with E-state index < -0.39 is 5.97 Å². The van der Waals surface area contributed by atoms with Gasteiger partial charge in [0.1, 0.15) is 6.61 Å². The molecule has 126 valence electrons. The minimum atomic E-state index is -0.883. The van der Waals surface area contributed by atoms with Crippen molar-refractivity contribution >= 4 is 5.97 Å². The molecule has 1 aromatic heterocycles. The van der Waals surface area contributed by atoms with Gasteiger partial charge < -0.3 is 9.84 Å². The molecule has 2 aromatic rings. The lowest BCUT2D eigenvalue weighted by Gasteiger charge is -2.16. The molecule has 3 rings (SSSR count). The first-order valence-corrected chi connectivity index (χ1v) is 8.00. The van der Waals surface area contributed by atoms with E-state index in [1.807, 2.05) is 24.5 Å². The van der Waals surface area contributed by atoms with Crippen LogP contribution in [-0.2, 0) is 17.9 Å². The van der Waals surface area contributed by atoms with Gasteiger partial charge in [-0.25, -0.2) is 14.8 Å². The van der Waals surface area contributed by atoms with Crippen LogP contribution in [0.3, 0.4) is 0 Å². The highest BCUT2D eigenvalue weighted by Crippen LogP contribution is 2.28. The van der Waals surface area contributed by atoms with E-state index in [0.717, 1.165) is 31.6 Å². The number of carboxylic acids is 1. The van der Waals surface area contributed by atoms with Crippen molar-refractivity contribution in [1.29, 1.82) is 0 Å². The van der Waals surface area contributed by atoms with E-state index in [4.69, 9.17) is 9.84 Å². The molecule has 6 nitrogen and oxygen atoms in total. The number of aromatic carboxylic acids is 1. The molecule has 1 aliphatic heterocycles. The number of ether oxygens (including phenoxy) is 1. The predicted molar refractivity (Wildman–Crippen MR) is 88.8 cm³/mol. The third-order valence-electron chi connectivity index (χ3n) is 4.34. The number of carbonyl (C=O) groups is 1. The first-order chi connectivity index (χ1) is 11.7. The van der Waals surface area contributed by atoms with E-state index in [1.54, 1.807) is 19.2 Å². The highest BCUT2D eigenvalue weighted by Gasteiger charge is 2.24. The van der Waals surface area contributed by atoms with Crippen LogP contribution in [-0.4, -0.2) is 46.1 Å². The van der Waals surface area contributed by atoms with E-state index in [9.17, 15) is 4.79 Å². The van der Waals surface area contributed by atoms with Crippen LogP contribution >= 0.6 is 0 Å². The number of hydrogen-bond donors (Lipinski definition) is 1. The Balaban J connectivity index is 1.57. The van der Waals surface area contributed by atoms with Gasteiger partial charge in [-0.15, -0.1) is 0 Å². The molecular weight excluding hydrogens is 306 g/mol. The maximum Gasteiger partial charge on any atom is 0.335 e. The molecular formula is C18H21N3O3. The number of benzene rings is 1. The summed E-state index contributed by atoms with van der Waals surface area (Å²) in [7, 11) is 1.63. The van der Waals surface area contributed by atoms with Gasteiger partial charge in [0, 0.05) is 38.2 Å². The Morgan fingerprint density at radius 2 is 2.00 bits per heavy atom. The van der Waals surface area contributed by atoms with Crippen molar-refractivity contribution in [2.24, 2.45) is 0 Å². The van der Waals surface area contributed by atoms with Gasteiger partial charge in [0.15, 0.2) is 5.82 Å². The minimum Gasteiger partial charge on any atom is -0.478 e. The molecule has 2 heterocycles. The van der Waals surface area contributed by atoms with Gasteiger partial charge in [0.25, 0.3) is 0 Å². The van der Waals surface area contributed by atoms with E-state index >= 15 is 0 Å². The summed E-state index contributed by atoms with van der Waals surface area (Å²) in [6.45, 7) is 3.24. The number of aromatic nitrogens is 2. The second-order valence-electron chi connectivity index (χ2n) is 6.09. The molecule has 1 fully saturated rings. The zero-order valence-electron chi connectivity index (χ0n) is 13.7. The molecule has 1 N–H and O–H groups in total. The Hall–Kier alpha value is -2.31. The quantitative estimate of drug-likeness (QED) is 0.877. The van der Waals surface area contributed by atoms with Crippen molar-refractivity contribution in [3.63, 3.8) is 0 Å². The van der Waals surface area contributed by atoms with Crippen molar-refractivity contribution in [1.82, 2.24) is 14.9 Å². The third kappa shape index (κ3) is 3.96. The van der Waals surface area contributed by atoms with Gasteiger partial charge >= 0.3 is 5.97 Å². The summed E-state index contributed by atoms with van der Waals surface area (Å²) < 4.78 is 5.02. The standard InChI is InChI=1S/C18H21N3O3/c1-24-12-17-19-8-13(9-20-17)10-21-7-6-16(11-21)14-2-4-15(5-3-14)18(22)23/h2-5,8-9,16H,6-7,10-12H2,1H3,(H,22,23)/t16-/m1/s1. The van der Waals surface area contributed by atoms with E-state index in [1.165, 1.54) is 5.56 Å². The number of hydrogen-bond acceptors (Lipinski definition) is 5. The zero-order chi connectivity index (χ0) is 16.9. The van der Waals surface area contributed by atoms with Gasteiger partial charge in [0.2, 0.25) is 0 Å². The van der Waals surface area contributed by atoms with E-state index in [0.29, 0.717) is 23.9 Å². The predicted octanol–water partition coefficient (Wildman–Crippen LogP) is 2.31. The SMILES string of the molecule is COCc1ncc(CN2CC[C@@H](c3ccc(C(=O)O)cc3)C2)cn1. The number of likely N-dealkylation sites (tertiary alicyclic amines) is 1. The van der Waals surface area contributed by atoms with Gasteiger partial charge in [-0.3, -0.25) is 4.90 Å². The van der Waals surface area contributed by atoms with Crippen LogP contribution in [0.5, 0.6) is 0 Å². The minimum absolute atomic E-state index is 0.335. The molecule has 0 bridgehead atoms. The Bertz CT molecular complexity index is 686. The fraction of sp³-hybridized carbons (Fsp3) is 0.389. The normalized spacial score (nSPS) is 18.0. The summed E-state index contributed by atoms with van der Waals surface area (Å²) >= 11 is 0. The average Bonchev–Trinajstić information content (AvgIpc) is 3.05. The van der Waals surface area contributed by atoms with Crippen molar-refractivity contribution in [2.45, 2.75) is 25.5 Å². The highest BCUT2D eigenvalue weighted by molar-refractivity contribution is 5.87. The second-order valence-corrected chi connectivity index (χ2v) is 6.09. The summed E-state index contributed by atoms with van der Waals surface area (Å²) in [5, 5.41) is 8.97. The van der Waals surface area contributed by atoms with Crippen molar-refractivity contribution < 1.29 is 14.6 Å². The Morgan fingerprint density at radius 3 is 2.62 bits per heavy atom. The van der Waals surface area contributed by atoms with Crippen LogP contribution in [0.25, 0.3) is 0 Å². The third-order valence-corrected chi connectivity index (χ3v) is 4.34. The molecule has 0 aliphatic carbocycles. The average molecular weight is 327 g/mol. The lowest BCUT2D eigenvalue weighted by molar-refractivity contribution is 0.0697. The largest absolute Gasteiger partial charge is 0.478 e. The fourth-order valence-electron chi connectivity index (χ4n) is 3.07. The van der Waals surface area contributed by atoms with Crippen molar-refractivity contribution in [3.05, 3.63) is 59.2 Å². The molecule has 6 heteroatoms. The monoisotopic (exact) mass is 327 g/mol. The second kappa shape index (κ2) is 7.51. The van der Waals surface area contributed by atoms with Crippen molar-refractivity contribution in [2.75, 3.05) is 20.2 Å². The lowest BCUT2D eigenvalue weighted by atomic mass is 9.97. The molecule has 1 aliphatic rings.